The molecule has 0 saturated carbocycles. The van der Waals surface area contributed by atoms with Gasteiger partial charge in [0.1, 0.15) is 5.75 Å². The zero-order valence-electron chi connectivity index (χ0n) is 19.7. The summed E-state index contributed by atoms with van der Waals surface area (Å²) in [5.41, 5.74) is 3.11. The van der Waals surface area contributed by atoms with E-state index in [1.54, 1.807) is 35.1 Å². The molecule has 1 spiro atoms. The predicted octanol–water partition coefficient (Wildman–Crippen LogP) is 6.11. The summed E-state index contributed by atoms with van der Waals surface area (Å²) in [6, 6.07) is 22.1. The number of ether oxygens (including phenoxy) is 1. The predicted molar refractivity (Wildman–Crippen MR) is 141 cm³/mol. The largest absolute Gasteiger partial charge is 0.497 e. The second-order valence-corrected chi connectivity index (χ2v) is 11.6. The number of halogens is 1. The molecule has 0 radical (unpaired) electrons. The van der Waals surface area contributed by atoms with Gasteiger partial charge in [0.25, 0.3) is 5.91 Å². The number of nitrogens with one attached hydrogen (secondary N) is 1. The summed E-state index contributed by atoms with van der Waals surface area (Å²) in [5.74, 6) is 0.492. The lowest BCUT2D eigenvalue weighted by atomic mass is 10.0. The van der Waals surface area contributed by atoms with Crippen molar-refractivity contribution in [2.24, 2.45) is 0 Å². The molecule has 1 saturated heterocycles. The van der Waals surface area contributed by atoms with Gasteiger partial charge in [-0.2, -0.15) is 0 Å². The van der Waals surface area contributed by atoms with Crippen molar-refractivity contribution < 1.29 is 14.3 Å². The minimum absolute atomic E-state index is 0.144. The van der Waals surface area contributed by atoms with E-state index in [4.69, 9.17) is 16.3 Å². The lowest BCUT2D eigenvalue weighted by Gasteiger charge is -2.33. The summed E-state index contributed by atoms with van der Waals surface area (Å²) in [6.45, 7) is 4.90. The normalized spacial score (nSPS) is 20.3. The third-order valence-corrected chi connectivity index (χ3v) is 8.07. The van der Waals surface area contributed by atoms with Gasteiger partial charge in [0, 0.05) is 33.6 Å². The molecular formula is C27H26ClN3O3S. The van der Waals surface area contributed by atoms with Gasteiger partial charge in [-0.1, -0.05) is 48.0 Å². The Morgan fingerprint density at radius 3 is 2.60 bits per heavy atom. The topological polar surface area (TPSA) is 61.9 Å². The van der Waals surface area contributed by atoms with Crippen molar-refractivity contribution in [1.29, 1.82) is 0 Å². The van der Waals surface area contributed by atoms with E-state index in [2.05, 4.69) is 19.2 Å². The van der Waals surface area contributed by atoms with Crippen molar-refractivity contribution in [1.82, 2.24) is 4.90 Å². The fourth-order valence-electron chi connectivity index (χ4n) is 4.79. The Morgan fingerprint density at radius 2 is 1.86 bits per heavy atom. The fourth-order valence-corrected chi connectivity index (χ4v) is 6.69. The highest BCUT2D eigenvalue weighted by atomic mass is 35.5. The minimum Gasteiger partial charge on any atom is -0.497 e. The zero-order chi connectivity index (χ0) is 24.8. The van der Waals surface area contributed by atoms with E-state index in [0.29, 0.717) is 29.5 Å². The Hall–Kier alpha value is -3.16. The average Bonchev–Trinajstić information content (AvgIpc) is 3.26. The monoisotopic (exact) mass is 507 g/mol. The van der Waals surface area contributed by atoms with Gasteiger partial charge in [-0.3, -0.25) is 9.69 Å². The van der Waals surface area contributed by atoms with E-state index in [-0.39, 0.29) is 16.7 Å². The molecule has 3 aromatic rings. The Labute approximate surface area is 214 Å². The van der Waals surface area contributed by atoms with Crippen LogP contribution >= 0.6 is 23.4 Å². The molecule has 35 heavy (non-hydrogen) atoms. The first-order chi connectivity index (χ1) is 16.7. The van der Waals surface area contributed by atoms with Crippen LogP contribution in [0.3, 0.4) is 0 Å². The van der Waals surface area contributed by atoms with E-state index >= 15 is 0 Å². The Bertz CT molecular complexity index is 1300. The molecule has 0 unspecified atom stereocenters. The molecule has 0 aliphatic carbocycles. The standard InChI is InChI=1S/C27H26ClN3O3S/c1-26(2)17-31(25(33)29-20-10-7-11-21(15-20)34-3)27(35-26)22-14-19(28)12-13-23(22)30(24(27)32)16-18-8-5-4-6-9-18/h4-15H,16-17H2,1-3H3,(H,29,33)/t27-/m0/s1. The number of hydrogen-bond acceptors (Lipinski definition) is 4. The van der Waals surface area contributed by atoms with E-state index in [1.807, 2.05) is 54.6 Å². The van der Waals surface area contributed by atoms with Gasteiger partial charge in [-0.05, 0) is 49.7 Å². The quantitative estimate of drug-likeness (QED) is 0.463. The molecule has 0 aromatic heterocycles. The van der Waals surface area contributed by atoms with Gasteiger partial charge in [0.05, 0.1) is 19.3 Å². The van der Waals surface area contributed by atoms with Crippen molar-refractivity contribution >= 4 is 46.7 Å². The number of benzene rings is 3. The van der Waals surface area contributed by atoms with Crippen LogP contribution in [0.4, 0.5) is 16.2 Å². The van der Waals surface area contributed by atoms with Crippen LogP contribution < -0.4 is 15.0 Å². The summed E-state index contributed by atoms with van der Waals surface area (Å²) in [6.07, 6.45) is 0. The average molecular weight is 508 g/mol. The number of anilines is 2. The van der Waals surface area contributed by atoms with Gasteiger partial charge in [0.2, 0.25) is 0 Å². The molecule has 1 fully saturated rings. The highest BCUT2D eigenvalue weighted by Gasteiger charge is 2.63. The van der Waals surface area contributed by atoms with Gasteiger partial charge >= 0.3 is 6.03 Å². The van der Waals surface area contributed by atoms with Crippen molar-refractivity contribution in [2.45, 2.75) is 30.0 Å². The Balaban J connectivity index is 1.58. The number of carbonyl (C=O) groups is 2. The number of hydrogen-bond donors (Lipinski definition) is 1. The summed E-state index contributed by atoms with van der Waals surface area (Å²) < 4.78 is 4.93. The molecule has 2 aliphatic heterocycles. The SMILES string of the molecule is COc1cccc(NC(=O)N2CC(C)(C)S[C@@]23C(=O)N(Cc2ccccc2)c2ccc(Cl)cc23)c1. The fraction of sp³-hybridized carbons (Fsp3) is 0.259. The first-order valence-electron chi connectivity index (χ1n) is 11.3. The highest BCUT2D eigenvalue weighted by molar-refractivity contribution is 8.02. The lowest BCUT2D eigenvalue weighted by Crippen LogP contribution is -2.51. The maximum absolute atomic E-state index is 14.3. The van der Waals surface area contributed by atoms with Crippen molar-refractivity contribution in [3.63, 3.8) is 0 Å². The maximum atomic E-state index is 14.3. The van der Waals surface area contributed by atoms with Crippen molar-refractivity contribution in [2.75, 3.05) is 23.9 Å². The van der Waals surface area contributed by atoms with Gasteiger partial charge in [0.15, 0.2) is 4.87 Å². The number of amides is 3. The van der Waals surface area contributed by atoms with Crippen LogP contribution in [0.2, 0.25) is 5.02 Å². The number of nitrogens with zero attached hydrogens (tertiary/aromatic N) is 2. The molecule has 6 nitrogen and oxygen atoms in total. The number of methoxy groups -OCH3 is 1. The second kappa shape index (κ2) is 8.81. The first kappa shape index (κ1) is 23.6. The van der Waals surface area contributed by atoms with Crippen LogP contribution in [-0.2, 0) is 16.2 Å². The summed E-state index contributed by atoms with van der Waals surface area (Å²) in [5, 5.41) is 3.49. The smallest absolute Gasteiger partial charge is 0.323 e. The molecule has 8 heteroatoms. The molecule has 0 bridgehead atoms. The summed E-state index contributed by atoms with van der Waals surface area (Å²) >= 11 is 7.93. The molecular weight excluding hydrogens is 482 g/mol. The van der Waals surface area contributed by atoms with Crippen LogP contribution in [0.5, 0.6) is 5.75 Å². The van der Waals surface area contributed by atoms with Crippen molar-refractivity contribution in [3.05, 3.63) is 88.9 Å². The zero-order valence-corrected chi connectivity index (χ0v) is 21.3. The number of thioether (sulfide) groups is 1. The Kier molecular flexibility index (Phi) is 5.93. The van der Waals surface area contributed by atoms with Crippen LogP contribution in [0.25, 0.3) is 0 Å². The highest BCUT2D eigenvalue weighted by Crippen LogP contribution is 2.60. The summed E-state index contributed by atoms with van der Waals surface area (Å²) in [4.78, 5) is 30.2. The van der Waals surface area contributed by atoms with E-state index in [0.717, 1.165) is 16.8 Å². The Morgan fingerprint density at radius 1 is 1.09 bits per heavy atom. The number of carbonyl (C=O) groups excluding carboxylic acids is 2. The second-order valence-electron chi connectivity index (χ2n) is 9.29. The molecule has 2 heterocycles. The van der Waals surface area contributed by atoms with E-state index in [1.165, 1.54) is 11.8 Å². The van der Waals surface area contributed by atoms with E-state index in [9.17, 15) is 9.59 Å². The lowest BCUT2D eigenvalue weighted by molar-refractivity contribution is -0.123. The first-order valence-corrected chi connectivity index (χ1v) is 12.5. The van der Waals surface area contributed by atoms with Crippen LogP contribution in [0.15, 0.2) is 72.8 Å². The molecule has 1 N–H and O–H groups in total. The molecule has 1 atom stereocenters. The van der Waals surface area contributed by atoms with Gasteiger partial charge in [-0.25, -0.2) is 4.79 Å². The molecule has 3 aromatic carbocycles. The van der Waals surface area contributed by atoms with Gasteiger partial charge < -0.3 is 15.0 Å². The molecule has 3 amide bonds. The van der Waals surface area contributed by atoms with Crippen LogP contribution in [0.1, 0.15) is 25.0 Å². The van der Waals surface area contributed by atoms with Crippen molar-refractivity contribution in [3.8, 4) is 5.75 Å². The molecule has 2 aliphatic rings. The number of urea groups is 1. The minimum atomic E-state index is -1.22. The molecule has 5 rings (SSSR count). The number of rotatable bonds is 4. The third-order valence-electron chi connectivity index (χ3n) is 6.24. The van der Waals surface area contributed by atoms with Gasteiger partial charge in [-0.15, -0.1) is 11.8 Å². The maximum Gasteiger partial charge on any atom is 0.323 e. The van der Waals surface area contributed by atoms with Crippen LogP contribution in [0, 0.1) is 0 Å². The summed E-state index contributed by atoms with van der Waals surface area (Å²) in [7, 11) is 1.58. The van der Waals surface area contributed by atoms with Crippen LogP contribution in [-0.4, -0.2) is 35.2 Å². The molecule has 180 valence electrons. The third kappa shape index (κ3) is 4.13. The number of fused-ring (bicyclic) bond motifs is 2. The van der Waals surface area contributed by atoms with E-state index < -0.39 is 4.87 Å².